The maximum Gasteiger partial charge on any atom is 0.234 e. The third-order valence-electron chi connectivity index (χ3n) is 4.32. The number of rotatable bonds is 6. The van der Waals surface area contributed by atoms with Crippen LogP contribution in [-0.4, -0.2) is 31.4 Å². The van der Waals surface area contributed by atoms with Gasteiger partial charge < -0.3 is 5.32 Å². The van der Waals surface area contributed by atoms with E-state index in [0.717, 1.165) is 11.3 Å². The van der Waals surface area contributed by atoms with E-state index in [-0.39, 0.29) is 17.5 Å². The van der Waals surface area contributed by atoms with Gasteiger partial charge in [0.25, 0.3) is 0 Å². The van der Waals surface area contributed by atoms with E-state index in [2.05, 4.69) is 20.5 Å². The number of thioether (sulfide) groups is 1. The topological polar surface area (TPSA) is 72.7 Å². The number of anilines is 1. The van der Waals surface area contributed by atoms with Gasteiger partial charge in [0.05, 0.1) is 23.2 Å². The maximum absolute atomic E-state index is 14.4. The second-order valence-corrected chi connectivity index (χ2v) is 7.48. The van der Waals surface area contributed by atoms with Gasteiger partial charge in [0, 0.05) is 11.9 Å². The zero-order valence-corrected chi connectivity index (χ0v) is 16.9. The van der Waals surface area contributed by atoms with Crippen LogP contribution in [0.4, 0.5) is 10.1 Å². The highest BCUT2D eigenvalue weighted by Gasteiger charge is 2.19. The fourth-order valence-electron chi connectivity index (χ4n) is 2.87. The summed E-state index contributed by atoms with van der Waals surface area (Å²) < 4.78 is 16.2. The molecule has 0 aliphatic carbocycles. The smallest absolute Gasteiger partial charge is 0.234 e. The third-order valence-corrected chi connectivity index (χ3v) is 5.25. The van der Waals surface area contributed by atoms with E-state index >= 15 is 0 Å². The Morgan fingerprint density at radius 1 is 1.07 bits per heavy atom. The summed E-state index contributed by atoms with van der Waals surface area (Å²) in [6.45, 7) is 1.99. The molecule has 0 spiro atoms. The van der Waals surface area contributed by atoms with E-state index in [4.69, 9.17) is 0 Å². The molecule has 2 aromatic heterocycles. The molecular formula is C22H18FN5OS. The average molecular weight is 419 g/mol. The summed E-state index contributed by atoms with van der Waals surface area (Å²) in [5.41, 5.74) is 2.86. The number of pyridine rings is 1. The summed E-state index contributed by atoms with van der Waals surface area (Å²) in [5.74, 6) is -0.0777. The van der Waals surface area contributed by atoms with E-state index in [1.54, 1.807) is 47.3 Å². The normalized spacial score (nSPS) is 10.7. The molecule has 0 atom stereocenters. The molecule has 0 fully saturated rings. The first kappa shape index (κ1) is 19.8. The van der Waals surface area contributed by atoms with Gasteiger partial charge >= 0.3 is 0 Å². The van der Waals surface area contributed by atoms with Gasteiger partial charge in [0.1, 0.15) is 5.82 Å². The third kappa shape index (κ3) is 4.38. The highest BCUT2D eigenvalue weighted by molar-refractivity contribution is 7.99. The minimum absolute atomic E-state index is 0.121. The summed E-state index contributed by atoms with van der Waals surface area (Å²) in [5, 5.41) is 11.7. The molecule has 0 saturated carbocycles. The molecule has 4 rings (SSSR count). The quantitative estimate of drug-likeness (QED) is 0.466. The lowest BCUT2D eigenvalue weighted by molar-refractivity contribution is -0.113. The lowest BCUT2D eigenvalue weighted by atomic mass is 10.2. The van der Waals surface area contributed by atoms with Crippen LogP contribution >= 0.6 is 11.8 Å². The molecule has 6 nitrogen and oxygen atoms in total. The first-order chi connectivity index (χ1) is 14.6. The number of benzene rings is 2. The summed E-state index contributed by atoms with van der Waals surface area (Å²) >= 11 is 1.23. The molecular weight excluding hydrogens is 401 g/mol. The van der Waals surface area contributed by atoms with Crippen molar-refractivity contribution < 1.29 is 9.18 Å². The van der Waals surface area contributed by atoms with Gasteiger partial charge in [-0.15, -0.1) is 10.2 Å². The number of carbonyl (C=O) groups is 1. The molecule has 0 bridgehead atoms. The molecule has 8 heteroatoms. The van der Waals surface area contributed by atoms with Crippen LogP contribution in [0.1, 0.15) is 5.56 Å². The molecule has 0 unspecified atom stereocenters. The van der Waals surface area contributed by atoms with Crippen LogP contribution < -0.4 is 5.32 Å². The highest BCUT2D eigenvalue weighted by Crippen LogP contribution is 2.29. The molecule has 0 aliphatic heterocycles. The van der Waals surface area contributed by atoms with E-state index in [1.165, 1.54) is 17.8 Å². The SMILES string of the molecule is Cc1ccc(-n2c(SCC(=O)Nc3cccnc3)nnc2-c2ccccc2F)cc1. The van der Waals surface area contributed by atoms with E-state index in [1.807, 2.05) is 31.2 Å². The average Bonchev–Trinajstić information content (AvgIpc) is 3.17. The van der Waals surface area contributed by atoms with Gasteiger partial charge in [0.2, 0.25) is 5.91 Å². The van der Waals surface area contributed by atoms with Gasteiger partial charge in [-0.05, 0) is 43.3 Å². The van der Waals surface area contributed by atoms with Crippen LogP contribution in [0.2, 0.25) is 0 Å². The molecule has 1 amide bonds. The first-order valence-electron chi connectivity index (χ1n) is 9.22. The fraction of sp³-hybridized carbons (Fsp3) is 0.0909. The molecule has 2 aromatic carbocycles. The standard InChI is InChI=1S/C22H18FN5OS/c1-15-8-10-17(11-9-15)28-21(18-6-2-3-7-19(18)23)26-27-22(28)30-14-20(29)25-16-5-4-12-24-13-16/h2-13H,14H2,1H3,(H,25,29). The summed E-state index contributed by atoms with van der Waals surface area (Å²) in [6, 6.07) is 17.7. The predicted octanol–water partition coefficient (Wildman–Crippen LogP) is 4.51. The lowest BCUT2D eigenvalue weighted by Crippen LogP contribution is -2.14. The molecule has 1 N–H and O–H groups in total. The molecule has 30 heavy (non-hydrogen) atoms. The van der Waals surface area contributed by atoms with Crippen LogP contribution in [-0.2, 0) is 4.79 Å². The second kappa shape index (κ2) is 8.87. The largest absolute Gasteiger partial charge is 0.324 e. The Labute approximate surface area is 177 Å². The van der Waals surface area contributed by atoms with E-state index in [9.17, 15) is 9.18 Å². The van der Waals surface area contributed by atoms with Crippen LogP contribution in [0, 0.1) is 12.7 Å². The van der Waals surface area contributed by atoms with Crippen molar-refractivity contribution in [2.75, 3.05) is 11.1 Å². The minimum atomic E-state index is -0.385. The Kier molecular flexibility index (Phi) is 5.85. The van der Waals surface area contributed by atoms with Crippen molar-refractivity contribution >= 4 is 23.4 Å². The Hall–Kier alpha value is -3.52. The number of nitrogens with one attached hydrogen (secondary N) is 1. The van der Waals surface area contributed by atoms with Crippen LogP contribution in [0.3, 0.4) is 0 Å². The van der Waals surface area contributed by atoms with Gasteiger partial charge in [-0.3, -0.25) is 14.3 Å². The Balaban J connectivity index is 1.64. The fourth-order valence-corrected chi connectivity index (χ4v) is 3.62. The first-order valence-corrected chi connectivity index (χ1v) is 10.2. The van der Waals surface area contributed by atoms with Crippen molar-refractivity contribution in [1.29, 1.82) is 0 Å². The molecule has 0 saturated heterocycles. The number of nitrogens with zero attached hydrogens (tertiary/aromatic N) is 4. The van der Waals surface area contributed by atoms with Crippen molar-refractivity contribution in [2.45, 2.75) is 12.1 Å². The number of hydrogen-bond donors (Lipinski definition) is 1. The highest BCUT2D eigenvalue weighted by atomic mass is 32.2. The van der Waals surface area contributed by atoms with Crippen molar-refractivity contribution in [3.8, 4) is 17.1 Å². The predicted molar refractivity (Wildman–Crippen MR) is 115 cm³/mol. The van der Waals surface area contributed by atoms with Gasteiger partial charge in [-0.25, -0.2) is 4.39 Å². The number of halogens is 1. The zero-order valence-electron chi connectivity index (χ0n) is 16.1. The van der Waals surface area contributed by atoms with Crippen LogP contribution in [0.15, 0.2) is 78.2 Å². The molecule has 0 radical (unpaired) electrons. The number of amides is 1. The number of carbonyl (C=O) groups excluding carboxylic acids is 1. The lowest BCUT2D eigenvalue weighted by Gasteiger charge is -2.11. The van der Waals surface area contributed by atoms with E-state index in [0.29, 0.717) is 22.2 Å². The van der Waals surface area contributed by atoms with Crippen molar-refractivity contribution in [2.24, 2.45) is 0 Å². The Morgan fingerprint density at radius 2 is 1.87 bits per heavy atom. The summed E-state index contributed by atoms with van der Waals surface area (Å²) in [7, 11) is 0. The minimum Gasteiger partial charge on any atom is -0.324 e. The number of aryl methyl sites for hydroxylation is 1. The van der Waals surface area contributed by atoms with E-state index < -0.39 is 0 Å². The summed E-state index contributed by atoms with van der Waals surface area (Å²) in [6.07, 6.45) is 3.21. The molecule has 150 valence electrons. The summed E-state index contributed by atoms with van der Waals surface area (Å²) in [4.78, 5) is 16.3. The van der Waals surface area contributed by atoms with Gasteiger partial charge in [-0.2, -0.15) is 0 Å². The van der Waals surface area contributed by atoms with Crippen molar-refractivity contribution in [3.05, 3.63) is 84.4 Å². The Bertz CT molecular complexity index is 1160. The second-order valence-electron chi connectivity index (χ2n) is 6.54. The Morgan fingerprint density at radius 3 is 2.60 bits per heavy atom. The van der Waals surface area contributed by atoms with Crippen LogP contribution in [0.25, 0.3) is 17.1 Å². The van der Waals surface area contributed by atoms with Crippen LogP contribution in [0.5, 0.6) is 0 Å². The van der Waals surface area contributed by atoms with Gasteiger partial charge in [0.15, 0.2) is 11.0 Å². The molecule has 2 heterocycles. The maximum atomic E-state index is 14.4. The zero-order chi connectivity index (χ0) is 20.9. The van der Waals surface area contributed by atoms with Crippen molar-refractivity contribution in [1.82, 2.24) is 19.7 Å². The molecule has 4 aromatic rings. The number of aromatic nitrogens is 4. The number of hydrogen-bond acceptors (Lipinski definition) is 5. The monoisotopic (exact) mass is 419 g/mol. The van der Waals surface area contributed by atoms with Gasteiger partial charge in [-0.1, -0.05) is 41.6 Å². The van der Waals surface area contributed by atoms with Crippen molar-refractivity contribution in [3.63, 3.8) is 0 Å². The molecule has 0 aliphatic rings.